The molecule has 0 radical (unpaired) electrons. The second-order valence-corrected chi connectivity index (χ2v) is 7.16. The maximum absolute atomic E-state index is 11.4. The summed E-state index contributed by atoms with van der Waals surface area (Å²) < 4.78 is 22.8. The van der Waals surface area contributed by atoms with Gasteiger partial charge in [0.1, 0.15) is 0 Å². The van der Waals surface area contributed by atoms with E-state index in [4.69, 9.17) is 11.6 Å². The molecule has 1 rings (SSSR count). The summed E-state index contributed by atoms with van der Waals surface area (Å²) in [6.45, 7) is 7.31. The van der Waals surface area contributed by atoms with Crippen LogP contribution < -0.4 is 0 Å². The summed E-state index contributed by atoms with van der Waals surface area (Å²) in [5.74, 6) is 0.593. The molecule has 0 bridgehead atoms. The lowest BCUT2D eigenvalue weighted by atomic mass is 10.2. The van der Waals surface area contributed by atoms with Crippen LogP contribution in [0, 0.1) is 0 Å². The predicted octanol–water partition coefficient (Wildman–Crippen LogP) is 2.03. The molecule has 0 spiro atoms. The van der Waals surface area contributed by atoms with Gasteiger partial charge in [-0.05, 0) is 19.4 Å². The molecular weight excluding hydrogens is 246 g/mol. The Morgan fingerprint density at radius 3 is 2.69 bits per heavy atom. The molecule has 0 aromatic carbocycles. The van der Waals surface area contributed by atoms with E-state index in [1.165, 1.54) is 0 Å². The van der Waals surface area contributed by atoms with Crippen LogP contribution in [0.15, 0.2) is 11.6 Å². The van der Waals surface area contributed by atoms with Gasteiger partial charge in [0.25, 0.3) is 0 Å². The first kappa shape index (κ1) is 14.0. The van der Waals surface area contributed by atoms with Gasteiger partial charge in [0.2, 0.25) is 0 Å². The first-order valence-electron chi connectivity index (χ1n) is 5.72. The Bertz CT molecular complexity index is 340. The largest absolute Gasteiger partial charge is 0.294 e. The Kier molecular flexibility index (Phi) is 5.28. The summed E-state index contributed by atoms with van der Waals surface area (Å²) >= 11 is 5.82. The maximum Gasteiger partial charge on any atom is 0.151 e. The molecule has 3 nitrogen and oxygen atoms in total. The molecule has 0 saturated carbocycles. The van der Waals surface area contributed by atoms with Gasteiger partial charge in [0.05, 0.1) is 11.5 Å². The highest BCUT2D eigenvalue weighted by Gasteiger charge is 2.31. The minimum atomic E-state index is -2.82. The number of rotatable bonds is 6. The molecule has 1 heterocycles. The van der Waals surface area contributed by atoms with Gasteiger partial charge in [-0.25, -0.2) is 8.42 Å². The predicted molar refractivity (Wildman–Crippen MR) is 68.5 cm³/mol. The molecule has 1 unspecified atom stereocenters. The van der Waals surface area contributed by atoms with Crippen LogP contribution in [0.5, 0.6) is 0 Å². The molecule has 1 atom stereocenters. The number of nitrogens with zero attached hydrogens (tertiary/aromatic N) is 1. The highest BCUT2D eigenvalue weighted by atomic mass is 35.5. The zero-order valence-corrected chi connectivity index (χ0v) is 11.4. The average molecular weight is 266 g/mol. The standard InChI is InChI=1S/C11H20ClNO2S/c1-3-4-6-13(8-10(2)12)11-5-7-16(14,15)9-11/h11H,2-9H2,1H3. The molecule has 5 heteroatoms. The van der Waals surface area contributed by atoms with Crippen LogP contribution in [-0.4, -0.2) is 44.0 Å². The van der Waals surface area contributed by atoms with Gasteiger partial charge in [-0.15, -0.1) is 0 Å². The normalized spacial score (nSPS) is 23.8. The van der Waals surface area contributed by atoms with Crippen LogP contribution in [0.2, 0.25) is 0 Å². The molecular formula is C11H20ClNO2S. The van der Waals surface area contributed by atoms with Gasteiger partial charge in [-0.2, -0.15) is 0 Å². The summed E-state index contributed by atoms with van der Waals surface area (Å²) in [6, 6.07) is 0.132. The average Bonchev–Trinajstić information content (AvgIpc) is 2.52. The molecule has 16 heavy (non-hydrogen) atoms. The van der Waals surface area contributed by atoms with E-state index in [1.54, 1.807) is 0 Å². The van der Waals surface area contributed by atoms with Gasteiger partial charge in [0.15, 0.2) is 9.84 Å². The van der Waals surface area contributed by atoms with Crippen LogP contribution in [0.25, 0.3) is 0 Å². The number of hydrogen-bond acceptors (Lipinski definition) is 3. The third-order valence-electron chi connectivity index (χ3n) is 2.90. The van der Waals surface area contributed by atoms with Crippen molar-refractivity contribution in [3.05, 3.63) is 11.6 Å². The molecule has 0 aromatic heterocycles. The molecule has 0 aliphatic carbocycles. The smallest absolute Gasteiger partial charge is 0.151 e. The van der Waals surface area contributed by atoms with Crippen molar-refractivity contribution in [1.29, 1.82) is 0 Å². The Morgan fingerprint density at radius 1 is 1.56 bits per heavy atom. The fraction of sp³-hybridized carbons (Fsp3) is 0.818. The SMILES string of the molecule is C=C(Cl)CN(CCCC)C1CCS(=O)(=O)C1. The van der Waals surface area contributed by atoms with Crippen LogP contribution in [0.1, 0.15) is 26.2 Å². The number of halogens is 1. The van der Waals surface area contributed by atoms with E-state index in [9.17, 15) is 8.42 Å². The van der Waals surface area contributed by atoms with Crippen molar-refractivity contribution in [2.75, 3.05) is 24.6 Å². The molecule has 0 amide bonds. The van der Waals surface area contributed by atoms with Crippen molar-refractivity contribution >= 4 is 21.4 Å². The first-order valence-corrected chi connectivity index (χ1v) is 7.92. The first-order chi connectivity index (χ1) is 7.44. The fourth-order valence-electron chi connectivity index (χ4n) is 2.04. The van der Waals surface area contributed by atoms with Gasteiger partial charge in [-0.1, -0.05) is 31.5 Å². The van der Waals surface area contributed by atoms with Crippen molar-refractivity contribution in [2.45, 2.75) is 32.2 Å². The minimum Gasteiger partial charge on any atom is -0.294 e. The number of sulfone groups is 1. The molecule has 0 aromatic rings. The number of unbranched alkanes of at least 4 members (excludes halogenated alkanes) is 1. The van der Waals surface area contributed by atoms with E-state index in [1.807, 2.05) is 0 Å². The van der Waals surface area contributed by atoms with Gasteiger partial charge in [0, 0.05) is 17.6 Å². The zero-order chi connectivity index (χ0) is 12.2. The molecule has 1 aliphatic rings. The van der Waals surface area contributed by atoms with Gasteiger partial charge < -0.3 is 0 Å². The summed E-state index contributed by atoms with van der Waals surface area (Å²) in [6.07, 6.45) is 2.90. The van der Waals surface area contributed by atoms with E-state index in [0.29, 0.717) is 17.3 Å². The van der Waals surface area contributed by atoms with E-state index >= 15 is 0 Å². The summed E-state index contributed by atoms with van der Waals surface area (Å²) in [4.78, 5) is 2.16. The van der Waals surface area contributed by atoms with E-state index in [2.05, 4.69) is 18.4 Å². The minimum absolute atomic E-state index is 0.132. The van der Waals surface area contributed by atoms with Crippen LogP contribution in [0.4, 0.5) is 0 Å². The molecule has 1 saturated heterocycles. The van der Waals surface area contributed by atoms with Gasteiger partial charge >= 0.3 is 0 Å². The van der Waals surface area contributed by atoms with Crippen molar-refractivity contribution in [2.24, 2.45) is 0 Å². The quantitative estimate of drug-likeness (QED) is 0.738. The Labute approximate surface area is 103 Å². The molecule has 1 fully saturated rings. The molecule has 94 valence electrons. The second kappa shape index (κ2) is 6.03. The summed E-state index contributed by atoms with van der Waals surface area (Å²) in [5.41, 5.74) is 0. The topological polar surface area (TPSA) is 37.4 Å². The third-order valence-corrected chi connectivity index (χ3v) is 4.77. The Hall–Kier alpha value is -0.0600. The molecule has 1 aliphatic heterocycles. The lowest BCUT2D eigenvalue weighted by molar-refractivity contribution is 0.230. The lowest BCUT2D eigenvalue weighted by Gasteiger charge is -2.27. The van der Waals surface area contributed by atoms with Crippen molar-refractivity contribution in [1.82, 2.24) is 4.90 Å². The van der Waals surface area contributed by atoms with Gasteiger partial charge in [-0.3, -0.25) is 4.90 Å². The maximum atomic E-state index is 11.4. The summed E-state index contributed by atoms with van der Waals surface area (Å²) in [5, 5.41) is 0.584. The Balaban J connectivity index is 2.58. The second-order valence-electron chi connectivity index (χ2n) is 4.40. The van der Waals surface area contributed by atoms with Crippen LogP contribution >= 0.6 is 11.6 Å². The van der Waals surface area contributed by atoms with Crippen molar-refractivity contribution < 1.29 is 8.42 Å². The van der Waals surface area contributed by atoms with E-state index < -0.39 is 9.84 Å². The van der Waals surface area contributed by atoms with Crippen molar-refractivity contribution in [3.63, 3.8) is 0 Å². The highest BCUT2D eigenvalue weighted by Crippen LogP contribution is 2.19. The third kappa shape index (κ3) is 4.44. The number of hydrogen-bond donors (Lipinski definition) is 0. The van der Waals surface area contributed by atoms with E-state index in [-0.39, 0.29) is 11.8 Å². The van der Waals surface area contributed by atoms with Crippen LogP contribution in [0.3, 0.4) is 0 Å². The van der Waals surface area contributed by atoms with Crippen LogP contribution in [-0.2, 0) is 9.84 Å². The molecule has 0 N–H and O–H groups in total. The highest BCUT2D eigenvalue weighted by molar-refractivity contribution is 7.91. The van der Waals surface area contributed by atoms with E-state index in [0.717, 1.165) is 25.8 Å². The lowest BCUT2D eigenvalue weighted by Crippen LogP contribution is -2.37. The Morgan fingerprint density at radius 2 is 2.25 bits per heavy atom. The monoisotopic (exact) mass is 265 g/mol. The fourth-order valence-corrected chi connectivity index (χ4v) is 3.95. The zero-order valence-electron chi connectivity index (χ0n) is 9.78. The van der Waals surface area contributed by atoms with Crippen molar-refractivity contribution in [3.8, 4) is 0 Å². The summed E-state index contributed by atoms with van der Waals surface area (Å²) in [7, 11) is -2.82.